The number of rotatable bonds is 23. The van der Waals surface area contributed by atoms with Crippen LogP contribution in [0.4, 0.5) is 0 Å². The van der Waals surface area contributed by atoms with Crippen LogP contribution in [0.2, 0.25) is 0 Å². The fourth-order valence-electron chi connectivity index (χ4n) is 7.18. The molecule has 8 heteroatoms. The summed E-state index contributed by atoms with van der Waals surface area (Å²) in [4.78, 5) is 40.4. The van der Waals surface area contributed by atoms with E-state index in [1.165, 1.54) is 0 Å². The topological polar surface area (TPSA) is 103 Å². The third kappa shape index (κ3) is 25.9. The maximum Gasteiger partial charge on any atom is 0.221 e. The highest BCUT2D eigenvalue weighted by atomic mass is 16.2. The molecule has 0 aromatic rings. The Morgan fingerprint density at radius 1 is 0.468 bits per heavy atom. The van der Waals surface area contributed by atoms with Gasteiger partial charge in [0, 0.05) is 71.6 Å². The van der Waals surface area contributed by atoms with E-state index < -0.39 is 0 Å². The van der Waals surface area contributed by atoms with Gasteiger partial charge in [0.1, 0.15) is 0 Å². The summed E-state index contributed by atoms with van der Waals surface area (Å²) in [6.45, 7) is 38.5. The first kappa shape index (κ1) is 45.3. The van der Waals surface area contributed by atoms with E-state index in [0.717, 1.165) is 25.7 Å². The zero-order valence-electron chi connectivity index (χ0n) is 33.8. The van der Waals surface area contributed by atoms with Gasteiger partial charge in [0.15, 0.2) is 0 Å². The first-order valence-electron chi connectivity index (χ1n) is 18.4. The SMILES string of the molecule is CCC(C)(C)CC(C)(C)CNC(=O)CCNCCN(CCC(=O)NCC(C)(C)CC(C)(C)C)CCC(=O)NCC(C)(C)CC(C)(C)C. The summed E-state index contributed by atoms with van der Waals surface area (Å²) < 4.78 is 0. The molecular formula is C39H79N5O3. The molecule has 0 saturated carbocycles. The minimum absolute atomic E-state index is 0.0184. The maximum absolute atomic E-state index is 12.8. The van der Waals surface area contributed by atoms with Crippen molar-refractivity contribution < 1.29 is 14.4 Å². The van der Waals surface area contributed by atoms with Crippen molar-refractivity contribution >= 4 is 17.7 Å². The van der Waals surface area contributed by atoms with Crippen molar-refractivity contribution in [2.75, 3.05) is 52.4 Å². The molecule has 4 N–H and O–H groups in total. The van der Waals surface area contributed by atoms with Crippen LogP contribution in [0.3, 0.4) is 0 Å². The van der Waals surface area contributed by atoms with E-state index in [2.05, 4.69) is 130 Å². The first-order chi connectivity index (χ1) is 21.1. The minimum Gasteiger partial charge on any atom is -0.356 e. The van der Waals surface area contributed by atoms with Crippen LogP contribution in [0.5, 0.6) is 0 Å². The molecule has 0 bridgehead atoms. The summed E-state index contributed by atoms with van der Waals surface area (Å²) >= 11 is 0. The van der Waals surface area contributed by atoms with Gasteiger partial charge in [-0.25, -0.2) is 0 Å². The highest BCUT2D eigenvalue weighted by Crippen LogP contribution is 2.36. The lowest BCUT2D eigenvalue weighted by Gasteiger charge is -2.34. The number of carbonyl (C=O) groups is 3. The lowest BCUT2D eigenvalue weighted by molar-refractivity contribution is -0.123. The van der Waals surface area contributed by atoms with Crippen LogP contribution in [0.1, 0.15) is 149 Å². The van der Waals surface area contributed by atoms with E-state index >= 15 is 0 Å². The third-order valence-electron chi connectivity index (χ3n) is 8.67. The monoisotopic (exact) mass is 666 g/mol. The molecule has 0 fully saturated rings. The van der Waals surface area contributed by atoms with E-state index in [4.69, 9.17) is 0 Å². The predicted octanol–water partition coefficient (Wildman–Crippen LogP) is 7.17. The number of hydrogen-bond donors (Lipinski definition) is 4. The van der Waals surface area contributed by atoms with E-state index in [1.54, 1.807) is 0 Å². The predicted molar refractivity (Wildman–Crippen MR) is 200 cm³/mol. The van der Waals surface area contributed by atoms with E-state index in [-0.39, 0.29) is 50.2 Å². The fraction of sp³-hybridized carbons (Fsp3) is 0.923. The van der Waals surface area contributed by atoms with Gasteiger partial charge >= 0.3 is 0 Å². The molecule has 0 radical (unpaired) electrons. The summed E-state index contributed by atoms with van der Waals surface area (Å²) in [5, 5.41) is 12.8. The molecule has 0 aromatic heterocycles. The molecular weight excluding hydrogens is 586 g/mol. The summed E-state index contributed by atoms with van der Waals surface area (Å²) in [5.74, 6) is 0.148. The van der Waals surface area contributed by atoms with Crippen molar-refractivity contribution in [3.63, 3.8) is 0 Å². The molecule has 0 unspecified atom stereocenters. The molecule has 0 aliphatic carbocycles. The van der Waals surface area contributed by atoms with Crippen LogP contribution in [0, 0.1) is 32.5 Å². The average molecular weight is 666 g/mol. The van der Waals surface area contributed by atoms with Crippen molar-refractivity contribution in [2.45, 2.75) is 149 Å². The number of amides is 3. The van der Waals surface area contributed by atoms with Gasteiger partial charge in [-0.3, -0.25) is 14.4 Å². The third-order valence-corrected chi connectivity index (χ3v) is 8.67. The van der Waals surface area contributed by atoms with Gasteiger partial charge < -0.3 is 26.2 Å². The highest BCUT2D eigenvalue weighted by Gasteiger charge is 2.29. The van der Waals surface area contributed by atoms with Gasteiger partial charge in [-0.1, -0.05) is 110 Å². The van der Waals surface area contributed by atoms with E-state index in [9.17, 15) is 14.4 Å². The van der Waals surface area contributed by atoms with Crippen molar-refractivity contribution in [3.05, 3.63) is 0 Å². The van der Waals surface area contributed by atoms with Crippen LogP contribution in [0.15, 0.2) is 0 Å². The Morgan fingerprint density at radius 2 is 0.830 bits per heavy atom. The Bertz CT molecular complexity index is 893. The summed E-state index contributed by atoms with van der Waals surface area (Å²) in [7, 11) is 0. The van der Waals surface area contributed by atoms with Gasteiger partial charge in [0.05, 0.1) is 0 Å². The molecule has 3 amide bonds. The number of carbonyl (C=O) groups excluding carboxylic acids is 3. The van der Waals surface area contributed by atoms with Crippen LogP contribution in [0.25, 0.3) is 0 Å². The normalized spacial score (nSPS) is 13.5. The van der Waals surface area contributed by atoms with Gasteiger partial charge in [0.2, 0.25) is 17.7 Å². The second-order valence-corrected chi connectivity index (χ2v) is 19.8. The van der Waals surface area contributed by atoms with Crippen LogP contribution in [-0.4, -0.2) is 75.0 Å². The van der Waals surface area contributed by atoms with E-state index in [0.29, 0.717) is 71.6 Å². The quantitative estimate of drug-likeness (QED) is 0.0867. The van der Waals surface area contributed by atoms with Crippen LogP contribution < -0.4 is 21.3 Å². The van der Waals surface area contributed by atoms with E-state index in [1.807, 2.05) is 0 Å². The van der Waals surface area contributed by atoms with Gasteiger partial charge in [-0.05, 0) is 51.8 Å². The highest BCUT2D eigenvalue weighted by molar-refractivity contribution is 5.77. The number of nitrogens with zero attached hydrogens (tertiary/aromatic N) is 1. The zero-order valence-corrected chi connectivity index (χ0v) is 33.8. The Labute approximate surface area is 291 Å². The van der Waals surface area contributed by atoms with Crippen molar-refractivity contribution in [1.82, 2.24) is 26.2 Å². The van der Waals surface area contributed by atoms with Crippen molar-refractivity contribution in [3.8, 4) is 0 Å². The summed E-state index contributed by atoms with van der Waals surface area (Å²) in [6.07, 6.45) is 5.42. The molecule has 47 heavy (non-hydrogen) atoms. The number of hydrogen-bond acceptors (Lipinski definition) is 5. The molecule has 0 atom stereocenters. The van der Waals surface area contributed by atoms with Gasteiger partial charge in [-0.15, -0.1) is 0 Å². The zero-order chi connectivity index (χ0) is 36.7. The van der Waals surface area contributed by atoms with Crippen molar-refractivity contribution in [1.29, 1.82) is 0 Å². The molecule has 0 rings (SSSR count). The maximum atomic E-state index is 12.8. The second-order valence-electron chi connectivity index (χ2n) is 19.8. The second kappa shape index (κ2) is 19.5. The summed E-state index contributed by atoms with van der Waals surface area (Å²) in [6, 6.07) is 0. The molecule has 0 saturated heterocycles. The minimum atomic E-state index is 0.0184. The molecule has 278 valence electrons. The molecule has 0 aliphatic heterocycles. The molecule has 0 aliphatic rings. The molecule has 0 heterocycles. The standard InChI is InChI=1S/C39H79N5O3/c1-16-36(8,9)27-39(14,15)30-41-31(45)17-20-40-21-24-44(22-18-32(46)42-28-37(10,11)25-34(2,3)4)23-19-33(47)43-29-38(12,13)26-35(5,6)7/h40H,16-30H2,1-15H3,(H,41,45)(H,42,46)(H,43,47). The lowest BCUT2D eigenvalue weighted by Crippen LogP contribution is -2.41. The Hall–Kier alpha value is -1.67. The molecule has 8 nitrogen and oxygen atoms in total. The summed E-state index contributed by atoms with van der Waals surface area (Å²) in [5.41, 5.74) is 0.739. The van der Waals surface area contributed by atoms with Crippen LogP contribution >= 0.6 is 0 Å². The van der Waals surface area contributed by atoms with Gasteiger partial charge in [0.25, 0.3) is 0 Å². The Balaban J connectivity index is 4.93. The van der Waals surface area contributed by atoms with Crippen molar-refractivity contribution in [2.24, 2.45) is 32.5 Å². The fourth-order valence-corrected chi connectivity index (χ4v) is 7.18. The van der Waals surface area contributed by atoms with Gasteiger partial charge in [-0.2, -0.15) is 0 Å². The van der Waals surface area contributed by atoms with Crippen LogP contribution in [-0.2, 0) is 14.4 Å². The molecule has 0 aromatic carbocycles. The Morgan fingerprint density at radius 3 is 1.19 bits per heavy atom. The average Bonchev–Trinajstić information content (AvgIpc) is 2.87. The first-order valence-corrected chi connectivity index (χ1v) is 18.4. The smallest absolute Gasteiger partial charge is 0.221 e. The lowest BCUT2D eigenvalue weighted by atomic mass is 9.73. The molecule has 0 spiro atoms. The largest absolute Gasteiger partial charge is 0.356 e. The number of nitrogens with one attached hydrogen (secondary N) is 4. The Kier molecular flexibility index (Phi) is 18.8.